The van der Waals surface area contributed by atoms with Gasteiger partial charge in [0.1, 0.15) is 0 Å². The Balaban J connectivity index is 0. The number of carbonyl (C=O) groups excluding carboxylic acids is 1. The van der Waals surface area contributed by atoms with Gasteiger partial charge >= 0.3 is 0 Å². The van der Waals surface area contributed by atoms with E-state index in [9.17, 15) is 0 Å². The van der Waals surface area contributed by atoms with Crippen LogP contribution in [-0.4, -0.2) is 5.62 Å². The van der Waals surface area contributed by atoms with E-state index in [0.29, 0.717) is 5.62 Å². The van der Waals surface area contributed by atoms with Crippen molar-refractivity contribution in [2.75, 3.05) is 0 Å². The fraction of sp³-hybridized carbons (Fsp3) is 0. The van der Waals surface area contributed by atoms with E-state index in [1.807, 2.05) is 0 Å². The molecule has 0 saturated carbocycles. The van der Waals surface area contributed by atoms with E-state index in [2.05, 4.69) is 12.6 Å². The summed E-state index contributed by atoms with van der Waals surface area (Å²) in [4.78, 5) is 8.62. The predicted octanol–water partition coefficient (Wildman–Crippen LogP) is -0.812. The molecular weight excluding hydrogens is 95.5 g/mol. The van der Waals surface area contributed by atoms with Gasteiger partial charge in [-0.3, -0.25) is 0 Å². The number of carbonyl (C=O) groups is 1. The number of halogens is 1. The third-order valence-electron chi connectivity index (χ3n) is 0. The average molecular weight is 98.6 g/mol. The molecule has 0 aliphatic carbocycles. The van der Waals surface area contributed by atoms with Crippen molar-refractivity contribution >= 4 is 18.2 Å². The minimum atomic E-state index is 0. The van der Waals surface area contributed by atoms with Crippen molar-refractivity contribution in [3.63, 3.8) is 0 Å². The summed E-state index contributed by atoms with van der Waals surface area (Å²) in [5.74, 6) is 0. The van der Waals surface area contributed by atoms with Gasteiger partial charge in [-0.2, -0.15) is 0 Å². The van der Waals surface area contributed by atoms with E-state index >= 15 is 0 Å². The van der Waals surface area contributed by atoms with Gasteiger partial charge in [0.2, 0.25) is 0 Å². The molecule has 4 heavy (non-hydrogen) atoms. The van der Waals surface area contributed by atoms with Crippen LogP contribution in [-0.2, 0) is 17.4 Å². The second kappa shape index (κ2) is 10.9. The first-order valence-corrected chi connectivity index (χ1v) is 0.943. The second-order valence-corrected chi connectivity index (χ2v) is 0.289. The Kier molecular flexibility index (Phi) is 24.1. The van der Waals surface area contributed by atoms with E-state index in [4.69, 9.17) is 4.79 Å². The summed E-state index contributed by atoms with van der Waals surface area (Å²) < 4.78 is 0. The lowest BCUT2D eigenvalue weighted by Gasteiger charge is -1.59. The van der Waals surface area contributed by atoms with Crippen LogP contribution in [0.1, 0.15) is 0 Å². The molecular formula is CH3ClOS. The first-order chi connectivity index (χ1) is 1.41. The third-order valence-corrected chi connectivity index (χ3v) is 0. The van der Waals surface area contributed by atoms with Crippen molar-refractivity contribution < 1.29 is 17.2 Å². The van der Waals surface area contributed by atoms with Crippen LogP contribution in [0.2, 0.25) is 0 Å². The topological polar surface area (TPSA) is 17.1 Å². The van der Waals surface area contributed by atoms with E-state index in [1.54, 1.807) is 0 Å². The summed E-state index contributed by atoms with van der Waals surface area (Å²) in [7, 11) is 0. The van der Waals surface area contributed by atoms with E-state index < -0.39 is 0 Å². The van der Waals surface area contributed by atoms with E-state index in [-0.39, 0.29) is 12.4 Å². The van der Waals surface area contributed by atoms with Gasteiger partial charge in [-0.1, -0.05) is 0 Å². The molecule has 0 atom stereocenters. The van der Waals surface area contributed by atoms with Gasteiger partial charge in [0.05, 0.1) is 12.4 Å². The molecule has 0 aliphatic heterocycles. The zero-order valence-corrected chi connectivity index (χ0v) is 3.55. The molecule has 0 radical (unpaired) electrons. The maximum Gasteiger partial charge on any atom is 0.0903 e. The number of rotatable bonds is 0. The largest absolute Gasteiger partial charge is 0.746 e. The molecule has 0 spiro atoms. The Labute approximate surface area is 36.2 Å². The lowest BCUT2D eigenvalue weighted by atomic mass is 11.8. The fourth-order valence-corrected chi connectivity index (χ4v) is 0. The Bertz CT molecular complexity index is 15.5. The van der Waals surface area contributed by atoms with Crippen molar-refractivity contribution in [2.45, 2.75) is 0 Å². The van der Waals surface area contributed by atoms with Gasteiger partial charge < -0.3 is 17.4 Å². The summed E-state index contributed by atoms with van der Waals surface area (Å²) >= 11 is 3.71. The van der Waals surface area contributed by atoms with Crippen molar-refractivity contribution in [1.29, 1.82) is 0 Å². The third kappa shape index (κ3) is 93.7. The van der Waals surface area contributed by atoms with Crippen molar-refractivity contribution in [2.24, 2.45) is 0 Å². The van der Waals surface area contributed by atoms with Crippen LogP contribution in [0, 0.1) is 12.4 Å². The van der Waals surface area contributed by atoms with Crippen LogP contribution in [0.15, 0.2) is 0 Å². The molecule has 0 rings (SSSR count). The Morgan fingerprint density at radius 3 is 1.75 bits per heavy atom. The lowest BCUT2D eigenvalue weighted by Crippen LogP contribution is -1.39. The molecule has 0 fully saturated rings. The highest BCUT2D eigenvalue weighted by molar-refractivity contribution is 7.74. The van der Waals surface area contributed by atoms with Gasteiger partial charge in [-0.25, -0.2) is 0 Å². The van der Waals surface area contributed by atoms with Gasteiger partial charge in [-0.15, -0.1) is 0 Å². The monoisotopic (exact) mass is 98.0 g/mol. The highest BCUT2D eigenvalue weighted by atomic mass is 35.5. The Morgan fingerprint density at radius 1 is 1.75 bits per heavy atom. The van der Waals surface area contributed by atoms with Crippen LogP contribution in [0.4, 0.5) is 0 Å². The van der Waals surface area contributed by atoms with Crippen LogP contribution in [0.25, 0.3) is 0 Å². The van der Waals surface area contributed by atoms with Gasteiger partial charge in [-0.05, 0) is 5.62 Å². The van der Waals surface area contributed by atoms with Gasteiger partial charge in [0.25, 0.3) is 0 Å². The quantitative estimate of drug-likeness (QED) is 0.291. The molecule has 3 heteroatoms. The smallest absolute Gasteiger partial charge is 0.0903 e. The SMILES string of the molecule is O=C[S-].[ClH2+]. The summed E-state index contributed by atoms with van der Waals surface area (Å²) in [6.45, 7) is 0. The molecule has 0 unspecified atom stereocenters. The number of hydrogen-bond acceptors (Lipinski definition) is 2. The lowest BCUT2D eigenvalue weighted by molar-refractivity contribution is -0.00000160. The van der Waals surface area contributed by atoms with Crippen LogP contribution < -0.4 is 0 Å². The van der Waals surface area contributed by atoms with E-state index in [1.165, 1.54) is 0 Å². The first-order valence-electron chi connectivity index (χ1n) is 0.471. The minimum absolute atomic E-state index is 0. The predicted molar refractivity (Wildman–Crippen MR) is 16.9 cm³/mol. The normalized spacial score (nSPS) is 3.00. The molecule has 0 aliphatic rings. The van der Waals surface area contributed by atoms with Crippen LogP contribution in [0.3, 0.4) is 0 Å². The molecule has 0 heterocycles. The Morgan fingerprint density at radius 2 is 1.75 bits per heavy atom. The van der Waals surface area contributed by atoms with Crippen LogP contribution >= 0.6 is 0 Å². The molecule has 0 bridgehead atoms. The first kappa shape index (κ1) is 8.89. The van der Waals surface area contributed by atoms with Gasteiger partial charge in [0, 0.05) is 0 Å². The van der Waals surface area contributed by atoms with E-state index in [0.717, 1.165) is 0 Å². The molecule has 0 N–H and O–H groups in total. The summed E-state index contributed by atoms with van der Waals surface area (Å²) in [6.07, 6.45) is 0. The highest BCUT2D eigenvalue weighted by Crippen LogP contribution is 1.07. The maximum atomic E-state index is 8.62. The molecule has 0 saturated heterocycles. The fourth-order valence-electron chi connectivity index (χ4n) is 0. The molecule has 0 amide bonds. The molecule has 1 nitrogen and oxygen atoms in total. The summed E-state index contributed by atoms with van der Waals surface area (Å²) in [5, 5.41) is 0. The highest BCUT2D eigenvalue weighted by Gasteiger charge is 0.968. The minimum Gasteiger partial charge on any atom is -0.746 e. The standard InChI is InChI=1S/CH2OS.ClH2/c2-1-3;/h1H,(H,2,3);1H2/q;+1/p-1. The average Bonchev–Trinajstić information content (AvgIpc) is 0.918. The maximum absolute atomic E-state index is 8.62. The number of hydrogen-bond donors (Lipinski definition) is 0. The zero-order chi connectivity index (χ0) is 2.71. The molecule has 26 valence electrons. The van der Waals surface area contributed by atoms with Crippen LogP contribution in [0.5, 0.6) is 0 Å². The zero-order valence-electron chi connectivity index (χ0n) is 1.84. The molecule has 0 aromatic heterocycles. The van der Waals surface area contributed by atoms with Crippen molar-refractivity contribution in [3.05, 3.63) is 0 Å². The van der Waals surface area contributed by atoms with Crippen molar-refractivity contribution in [1.82, 2.24) is 0 Å². The summed E-state index contributed by atoms with van der Waals surface area (Å²) in [6, 6.07) is 0. The second-order valence-electron chi connectivity index (χ2n) is 0.0962. The van der Waals surface area contributed by atoms with Crippen molar-refractivity contribution in [3.8, 4) is 0 Å². The molecule has 0 aromatic carbocycles. The molecule has 0 aromatic rings. The Hall–Kier alpha value is 0.180. The van der Waals surface area contributed by atoms with Gasteiger partial charge in [0.15, 0.2) is 0 Å². The summed E-state index contributed by atoms with van der Waals surface area (Å²) in [5.41, 5.74) is 0.333.